The van der Waals surface area contributed by atoms with E-state index in [0.717, 1.165) is 11.1 Å². The lowest BCUT2D eigenvalue weighted by molar-refractivity contribution is 0.600. The van der Waals surface area contributed by atoms with E-state index < -0.39 is 10.0 Å². The van der Waals surface area contributed by atoms with Crippen LogP contribution in [0, 0.1) is 20.8 Å². The Balaban J connectivity index is 2.45. The quantitative estimate of drug-likeness (QED) is 0.810. The molecule has 112 valence electrons. The van der Waals surface area contributed by atoms with E-state index in [1.807, 2.05) is 19.9 Å². The van der Waals surface area contributed by atoms with Gasteiger partial charge >= 0.3 is 0 Å². The van der Waals surface area contributed by atoms with E-state index in [2.05, 4.69) is 20.7 Å². The maximum atomic E-state index is 12.5. The Morgan fingerprint density at radius 1 is 1.05 bits per heavy atom. The first-order valence-electron chi connectivity index (χ1n) is 6.36. The first-order valence-corrected chi connectivity index (χ1v) is 8.64. The van der Waals surface area contributed by atoms with Crippen molar-refractivity contribution in [1.82, 2.24) is 0 Å². The molecule has 0 aliphatic rings. The van der Waals surface area contributed by atoms with Gasteiger partial charge in [-0.2, -0.15) is 0 Å². The largest absolute Gasteiger partial charge is 0.398 e. The number of aryl methyl sites for hydroxylation is 3. The zero-order valence-corrected chi connectivity index (χ0v) is 14.5. The summed E-state index contributed by atoms with van der Waals surface area (Å²) in [7, 11) is -3.65. The molecular formula is C15H17BrN2O2S. The van der Waals surface area contributed by atoms with Crippen LogP contribution in [0.2, 0.25) is 0 Å². The van der Waals surface area contributed by atoms with Crippen molar-refractivity contribution in [1.29, 1.82) is 0 Å². The second-order valence-corrected chi connectivity index (χ2v) is 7.57. The summed E-state index contributed by atoms with van der Waals surface area (Å²) in [6.07, 6.45) is 0. The highest BCUT2D eigenvalue weighted by atomic mass is 79.9. The molecule has 4 nitrogen and oxygen atoms in total. The van der Waals surface area contributed by atoms with Crippen LogP contribution >= 0.6 is 15.9 Å². The molecule has 0 unspecified atom stereocenters. The van der Waals surface area contributed by atoms with Crippen LogP contribution in [-0.4, -0.2) is 8.42 Å². The van der Waals surface area contributed by atoms with Crippen LogP contribution in [0.3, 0.4) is 0 Å². The minimum Gasteiger partial charge on any atom is -0.398 e. The number of nitrogens with one attached hydrogen (secondary N) is 1. The zero-order chi connectivity index (χ0) is 15.8. The van der Waals surface area contributed by atoms with Crippen molar-refractivity contribution in [3.63, 3.8) is 0 Å². The molecule has 6 heteroatoms. The number of nitrogen functional groups attached to an aromatic ring is 1. The van der Waals surface area contributed by atoms with Crippen LogP contribution in [0.4, 0.5) is 11.4 Å². The number of halogens is 1. The molecule has 0 atom stereocenters. The molecule has 2 aromatic carbocycles. The lowest BCUT2D eigenvalue weighted by Gasteiger charge is -2.13. The Morgan fingerprint density at radius 2 is 1.71 bits per heavy atom. The van der Waals surface area contributed by atoms with Crippen LogP contribution < -0.4 is 10.5 Å². The van der Waals surface area contributed by atoms with Gasteiger partial charge in [0.1, 0.15) is 0 Å². The van der Waals surface area contributed by atoms with Crippen molar-refractivity contribution in [3.05, 3.63) is 51.5 Å². The number of hydrogen-bond acceptors (Lipinski definition) is 3. The molecule has 0 radical (unpaired) electrons. The maximum absolute atomic E-state index is 12.5. The van der Waals surface area contributed by atoms with Crippen molar-refractivity contribution in [3.8, 4) is 0 Å². The van der Waals surface area contributed by atoms with E-state index in [1.54, 1.807) is 31.2 Å². The highest BCUT2D eigenvalue weighted by Gasteiger charge is 2.18. The first kappa shape index (κ1) is 15.9. The molecule has 0 saturated heterocycles. The predicted octanol–water partition coefficient (Wildman–Crippen LogP) is 3.76. The SMILES string of the molecule is Cc1ccc(S(=O)(=O)Nc2cc(N)c(C)cc2Br)c(C)c1. The van der Waals surface area contributed by atoms with Crippen molar-refractivity contribution >= 4 is 37.3 Å². The van der Waals surface area contributed by atoms with Crippen molar-refractivity contribution in [2.75, 3.05) is 10.5 Å². The van der Waals surface area contributed by atoms with Gasteiger partial charge < -0.3 is 5.73 Å². The third-order valence-corrected chi connectivity index (χ3v) is 5.40. The lowest BCUT2D eigenvalue weighted by atomic mass is 10.2. The van der Waals surface area contributed by atoms with Gasteiger partial charge in [-0.3, -0.25) is 4.72 Å². The van der Waals surface area contributed by atoms with Crippen molar-refractivity contribution in [2.45, 2.75) is 25.7 Å². The molecule has 0 heterocycles. The van der Waals surface area contributed by atoms with E-state index in [9.17, 15) is 8.42 Å². The van der Waals surface area contributed by atoms with Gasteiger partial charge in [0, 0.05) is 10.2 Å². The molecule has 0 aliphatic heterocycles. The molecule has 0 fully saturated rings. The fourth-order valence-corrected chi connectivity index (χ4v) is 4.05. The summed E-state index contributed by atoms with van der Waals surface area (Å²) in [6.45, 7) is 5.57. The Bertz CT molecular complexity index is 802. The average molecular weight is 369 g/mol. The summed E-state index contributed by atoms with van der Waals surface area (Å²) in [5, 5.41) is 0. The van der Waals surface area contributed by atoms with Crippen molar-refractivity contribution in [2.24, 2.45) is 0 Å². The van der Waals surface area contributed by atoms with Crippen LogP contribution in [0.5, 0.6) is 0 Å². The Hall–Kier alpha value is -1.53. The predicted molar refractivity (Wildman–Crippen MR) is 90.0 cm³/mol. The minimum absolute atomic E-state index is 0.263. The van der Waals surface area contributed by atoms with E-state index in [0.29, 0.717) is 21.4 Å². The third kappa shape index (κ3) is 3.39. The molecule has 0 aromatic heterocycles. The molecule has 0 aliphatic carbocycles. The second-order valence-electron chi connectivity index (χ2n) is 5.06. The Morgan fingerprint density at radius 3 is 2.33 bits per heavy atom. The lowest BCUT2D eigenvalue weighted by Crippen LogP contribution is -2.15. The fourth-order valence-electron chi connectivity index (χ4n) is 2.07. The highest BCUT2D eigenvalue weighted by Crippen LogP contribution is 2.30. The van der Waals surface area contributed by atoms with Gasteiger partial charge in [0.05, 0.1) is 10.6 Å². The summed E-state index contributed by atoms with van der Waals surface area (Å²) in [5.74, 6) is 0. The van der Waals surface area contributed by atoms with Gasteiger partial charge in [-0.25, -0.2) is 8.42 Å². The molecule has 0 spiro atoms. The van der Waals surface area contributed by atoms with Crippen LogP contribution in [0.1, 0.15) is 16.7 Å². The number of hydrogen-bond donors (Lipinski definition) is 2. The molecule has 2 aromatic rings. The summed E-state index contributed by atoms with van der Waals surface area (Å²) < 4.78 is 28.3. The number of benzene rings is 2. The minimum atomic E-state index is -3.65. The fraction of sp³-hybridized carbons (Fsp3) is 0.200. The Kier molecular flexibility index (Phi) is 4.30. The summed E-state index contributed by atoms with van der Waals surface area (Å²) in [5.41, 5.74) is 9.42. The number of nitrogens with two attached hydrogens (primary N) is 1. The molecule has 2 rings (SSSR count). The van der Waals surface area contributed by atoms with Gasteiger partial charge in [-0.15, -0.1) is 0 Å². The van der Waals surface area contributed by atoms with Gasteiger partial charge in [0.2, 0.25) is 0 Å². The number of anilines is 2. The number of rotatable bonds is 3. The van der Waals surface area contributed by atoms with Gasteiger partial charge in [-0.1, -0.05) is 17.7 Å². The monoisotopic (exact) mass is 368 g/mol. The Labute approximate surface area is 133 Å². The molecule has 0 saturated carbocycles. The van der Waals surface area contributed by atoms with Crippen LogP contribution in [0.15, 0.2) is 39.7 Å². The van der Waals surface area contributed by atoms with Gasteiger partial charge in [0.15, 0.2) is 0 Å². The van der Waals surface area contributed by atoms with Crippen molar-refractivity contribution < 1.29 is 8.42 Å². The summed E-state index contributed by atoms with van der Waals surface area (Å²) in [4.78, 5) is 0.263. The smallest absolute Gasteiger partial charge is 0.262 e. The van der Waals surface area contributed by atoms with Gasteiger partial charge in [-0.05, 0) is 66.0 Å². The third-order valence-electron chi connectivity index (χ3n) is 3.22. The number of sulfonamides is 1. The summed E-state index contributed by atoms with van der Waals surface area (Å²) in [6, 6.07) is 8.63. The average Bonchev–Trinajstić information content (AvgIpc) is 2.35. The van der Waals surface area contributed by atoms with E-state index in [-0.39, 0.29) is 4.90 Å². The highest BCUT2D eigenvalue weighted by molar-refractivity contribution is 9.10. The molecule has 3 N–H and O–H groups in total. The molecule has 21 heavy (non-hydrogen) atoms. The van der Waals surface area contributed by atoms with Gasteiger partial charge in [0.25, 0.3) is 10.0 Å². The van der Waals surface area contributed by atoms with E-state index in [4.69, 9.17) is 5.73 Å². The van der Waals surface area contributed by atoms with E-state index >= 15 is 0 Å². The maximum Gasteiger partial charge on any atom is 0.262 e. The van der Waals surface area contributed by atoms with Crippen LogP contribution in [-0.2, 0) is 10.0 Å². The molecule has 0 amide bonds. The normalized spacial score (nSPS) is 11.4. The van der Waals surface area contributed by atoms with E-state index in [1.165, 1.54) is 0 Å². The topological polar surface area (TPSA) is 72.2 Å². The van der Waals surface area contributed by atoms with Crippen LogP contribution in [0.25, 0.3) is 0 Å². The summed E-state index contributed by atoms with van der Waals surface area (Å²) >= 11 is 3.35. The zero-order valence-electron chi connectivity index (χ0n) is 12.1. The second kappa shape index (κ2) is 5.69. The first-order chi connectivity index (χ1) is 9.70. The standard InChI is InChI=1S/C15H17BrN2O2S/c1-9-4-5-15(11(3)6-9)21(19,20)18-14-8-13(17)10(2)7-12(14)16/h4-8,18H,17H2,1-3H3. The molecule has 0 bridgehead atoms. The molecular weight excluding hydrogens is 352 g/mol.